The molecule has 1 nitrogen and oxygen atoms in total. The molecule has 0 heterocycles. The fourth-order valence-corrected chi connectivity index (χ4v) is 2.06. The first-order valence-corrected chi connectivity index (χ1v) is 6.04. The molecule has 0 aliphatic heterocycles. The van der Waals surface area contributed by atoms with Crippen molar-refractivity contribution in [1.82, 2.24) is 5.32 Å². The van der Waals surface area contributed by atoms with Crippen molar-refractivity contribution in [3.05, 3.63) is 35.9 Å². The average Bonchev–Trinajstić information content (AvgIpc) is 3.08. The van der Waals surface area contributed by atoms with Crippen molar-refractivity contribution in [3.8, 4) is 0 Å². The van der Waals surface area contributed by atoms with Gasteiger partial charge in [0.15, 0.2) is 0 Å². The summed E-state index contributed by atoms with van der Waals surface area (Å²) < 4.78 is 0. The molecule has 0 bridgehead atoms. The fraction of sp³-hybridized carbons (Fsp3) is 0.571. The third-order valence-electron chi connectivity index (χ3n) is 3.79. The van der Waals surface area contributed by atoms with E-state index in [0.717, 1.165) is 0 Å². The monoisotopic (exact) mass is 239 g/mol. The molecule has 1 aromatic carbocycles. The Morgan fingerprint density at radius 2 is 1.88 bits per heavy atom. The van der Waals surface area contributed by atoms with Crippen LogP contribution in [-0.2, 0) is 0 Å². The molecule has 90 valence electrons. The maximum Gasteiger partial charge on any atom is 0.0292 e. The molecule has 0 aromatic heterocycles. The highest BCUT2D eigenvalue weighted by atomic mass is 35.5. The molecule has 1 aliphatic carbocycles. The third-order valence-corrected chi connectivity index (χ3v) is 3.79. The van der Waals surface area contributed by atoms with Gasteiger partial charge in [-0.2, -0.15) is 0 Å². The second-order valence-corrected chi connectivity index (χ2v) is 4.87. The van der Waals surface area contributed by atoms with Crippen LogP contribution in [0.5, 0.6) is 0 Å². The summed E-state index contributed by atoms with van der Waals surface area (Å²) in [6.45, 7) is 5.74. The number of hydrogen-bond donors (Lipinski definition) is 1. The van der Waals surface area contributed by atoms with E-state index < -0.39 is 0 Å². The Morgan fingerprint density at radius 3 is 2.38 bits per heavy atom. The molecule has 1 saturated carbocycles. The van der Waals surface area contributed by atoms with Gasteiger partial charge in [0.25, 0.3) is 0 Å². The van der Waals surface area contributed by atoms with E-state index in [0.29, 0.717) is 11.5 Å². The standard InChI is InChI=1S/C14H21N.ClH/c1-3-14(9-10-14)11-15-12(2)13-7-5-4-6-8-13;/h4-8,12,15H,3,9-11H2,1-2H3;1H. The summed E-state index contributed by atoms with van der Waals surface area (Å²) in [5, 5.41) is 3.65. The van der Waals surface area contributed by atoms with E-state index in [9.17, 15) is 0 Å². The van der Waals surface area contributed by atoms with Gasteiger partial charge in [0, 0.05) is 12.6 Å². The normalized spacial score (nSPS) is 18.6. The van der Waals surface area contributed by atoms with Gasteiger partial charge >= 0.3 is 0 Å². The molecule has 1 aromatic rings. The van der Waals surface area contributed by atoms with Gasteiger partial charge in [-0.1, -0.05) is 37.3 Å². The first-order valence-electron chi connectivity index (χ1n) is 6.04. The van der Waals surface area contributed by atoms with Crippen molar-refractivity contribution in [2.45, 2.75) is 39.2 Å². The van der Waals surface area contributed by atoms with Gasteiger partial charge in [0.2, 0.25) is 0 Å². The molecular formula is C14H22ClN. The minimum Gasteiger partial charge on any atom is -0.310 e. The van der Waals surface area contributed by atoms with Gasteiger partial charge in [-0.05, 0) is 37.2 Å². The van der Waals surface area contributed by atoms with Gasteiger partial charge in [-0.25, -0.2) is 0 Å². The number of nitrogens with one attached hydrogen (secondary N) is 1. The predicted molar refractivity (Wildman–Crippen MR) is 72.1 cm³/mol. The highest BCUT2D eigenvalue weighted by Gasteiger charge is 2.40. The van der Waals surface area contributed by atoms with Crippen LogP contribution in [0.15, 0.2) is 30.3 Å². The lowest BCUT2D eigenvalue weighted by Gasteiger charge is -2.19. The SMILES string of the molecule is CCC1(CNC(C)c2ccccc2)CC1.Cl. The molecule has 2 rings (SSSR count). The summed E-state index contributed by atoms with van der Waals surface area (Å²) in [5.74, 6) is 0. The van der Waals surface area contributed by atoms with E-state index in [1.54, 1.807) is 0 Å². The lowest BCUT2D eigenvalue weighted by atomic mass is 10.0. The highest BCUT2D eigenvalue weighted by molar-refractivity contribution is 5.85. The van der Waals surface area contributed by atoms with Crippen LogP contribution in [0.2, 0.25) is 0 Å². The van der Waals surface area contributed by atoms with Gasteiger partial charge in [0.05, 0.1) is 0 Å². The molecule has 0 spiro atoms. The lowest BCUT2D eigenvalue weighted by Crippen LogP contribution is -2.26. The summed E-state index contributed by atoms with van der Waals surface area (Å²) in [4.78, 5) is 0. The fourth-order valence-electron chi connectivity index (χ4n) is 2.06. The molecule has 1 fully saturated rings. The molecule has 1 aliphatic rings. The topological polar surface area (TPSA) is 12.0 Å². The minimum atomic E-state index is 0. The zero-order chi connectivity index (χ0) is 10.7. The smallest absolute Gasteiger partial charge is 0.0292 e. The van der Waals surface area contributed by atoms with Gasteiger partial charge in [-0.3, -0.25) is 0 Å². The maximum absolute atomic E-state index is 3.65. The Balaban J connectivity index is 0.00000128. The Bertz CT molecular complexity index is 306. The van der Waals surface area contributed by atoms with Crippen LogP contribution in [0.25, 0.3) is 0 Å². The van der Waals surface area contributed by atoms with Crippen LogP contribution in [0.3, 0.4) is 0 Å². The largest absolute Gasteiger partial charge is 0.310 e. The molecule has 0 radical (unpaired) electrons. The van der Waals surface area contributed by atoms with E-state index in [1.165, 1.54) is 31.4 Å². The van der Waals surface area contributed by atoms with E-state index in [1.807, 2.05) is 0 Å². The van der Waals surface area contributed by atoms with E-state index >= 15 is 0 Å². The molecule has 1 atom stereocenters. The average molecular weight is 240 g/mol. The minimum absolute atomic E-state index is 0. The summed E-state index contributed by atoms with van der Waals surface area (Å²) in [6, 6.07) is 11.2. The maximum atomic E-state index is 3.65. The van der Waals surface area contributed by atoms with Crippen molar-refractivity contribution in [1.29, 1.82) is 0 Å². The number of rotatable bonds is 5. The summed E-state index contributed by atoms with van der Waals surface area (Å²) in [7, 11) is 0. The van der Waals surface area contributed by atoms with Crippen LogP contribution < -0.4 is 5.32 Å². The molecule has 1 unspecified atom stereocenters. The Labute approximate surface area is 105 Å². The molecule has 1 N–H and O–H groups in total. The summed E-state index contributed by atoms with van der Waals surface area (Å²) in [5.41, 5.74) is 2.03. The van der Waals surface area contributed by atoms with E-state index in [-0.39, 0.29) is 12.4 Å². The molecule has 2 heteroatoms. The lowest BCUT2D eigenvalue weighted by molar-refractivity contribution is 0.415. The number of halogens is 1. The molecular weight excluding hydrogens is 218 g/mol. The quantitative estimate of drug-likeness (QED) is 0.821. The van der Waals surface area contributed by atoms with Gasteiger partial charge < -0.3 is 5.32 Å². The van der Waals surface area contributed by atoms with Crippen LogP contribution >= 0.6 is 12.4 Å². The van der Waals surface area contributed by atoms with Crippen LogP contribution in [0.4, 0.5) is 0 Å². The van der Waals surface area contributed by atoms with Crippen molar-refractivity contribution < 1.29 is 0 Å². The van der Waals surface area contributed by atoms with E-state index in [4.69, 9.17) is 0 Å². The molecule has 0 amide bonds. The molecule has 16 heavy (non-hydrogen) atoms. The van der Waals surface area contributed by atoms with Crippen molar-refractivity contribution in [2.75, 3.05) is 6.54 Å². The van der Waals surface area contributed by atoms with Crippen LogP contribution in [0.1, 0.15) is 44.7 Å². The molecule has 0 saturated heterocycles. The Morgan fingerprint density at radius 1 is 1.25 bits per heavy atom. The van der Waals surface area contributed by atoms with Crippen molar-refractivity contribution in [3.63, 3.8) is 0 Å². The third kappa shape index (κ3) is 3.23. The van der Waals surface area contributed by atoms with Gasteiger partial charge in [-0.15, -0.1) is 12.4 Å². The van der Waals surface area contributed by atoms with Crippen molar-refractivity contribution >= 4 is 12.4 Å². The van der Waals surface area contributed by atoms with Gasteiger partial charge in [0.1, 0.15) is 0 Å². The van der Waals surface area contributed by atoms with Crippen molar-refractivity contribution in [2.24, 2.45) is 5.41 Å². The second kappa shape index (κ2) is 5.70. The second-order valence-electron chi connectivity index (χ2n) is 4.87. The number of hydrogen-bond acceptors (Lipinski definition) is 1. The first kappa shape index (κ1) is 13.5. The highest BCUT2D eigenvalue weighted by Crippen LogP contribution is 2.48. The summed E-state index contributed by atoms with van der Waals surface area (Å²) >= 11 is 0. The first-order chi connectivity index (χ1) is 7.26. The van der Waals surface area contributed by atoms with E-state index in [2.05, 4.69) is 49.5 Å². The van der Waals surface area contributed by atoms with Crippen LogP contribution in [0, 0.1) is 5.41 Å². The predicted octanol–water partition coefficient (Wildman–Crippen LogP) is 3.95. The zero-order valence-corrected chi connectivity index (χ0v) is 11.0. The zero-order valence-electron chi connectivity index (χ0n) is 10.2. The van der Waals surface area contributed by atoms with Crippen LogP contribution in [-0.4, -0.2) is 6.54 Å². The summed E-state index contributed by atoms with van der Waals surface area (Å²) in [6.07, 6.45) is 4.15. The Hall–Kier alpha value is -0.530. The Kier molecular flexibility index (Phi) is 4.82. The number of benzene rings is 1.